The fourth-order valence-electron chi connectivity index (χ4n) is 3.33. The van der Waals surface area contributed by atoms with Crippen molar-refractivity contribution in [2.45, 2.75) is 36.0 Å². The Morgan fingerprint density at radius 2 is 1.73 bits per heavy atom. The minimum absolute atomic E-state index is 0. The first-order valence-corrected chi connectivity index (χ1v) is 9.84. The van der Waals surface area contributed by atoms with Crippen LogP contribution in [0, 0.1) is 5.92 Å². The van der Waals surface area contributed by atoms with Crippen molar-refractivity contribution in [2.24, 2.45) is 11.7 Å². The molecule has 3 unspecified atom stereocenters. The summed E-state index contributed by atoms with van der Waals surface area (Å²) in [4.78, 5) is 16.5. The first kappa shape index (κ1) is 20.8. The summed E-state index contributed by atoms with van der Waals surface area (Å²) in [7, 11) is 0. The first-order chi connectivity index (χ1) is 12.1. The fraction of sp³-hybridized carbons (Fsp3) is 0.381. The van der Waals surface area contributed by atoms with Crippen LogP contribution in [0.2, 0.25) is 0 Å². The predicted molar refractivity (Wildman–Crippen MR) is 112 cm³/mol. The number of thioether (sulfide) groups is 1. The highest BCUT2D eigenvalue weighted by Gasteiger charge is 2.31. The number of hydrogen-bond acceptors (Lipinski definition) is 3. The molecule has 2 aromatic carbocycles. The second kappa shape index (κ2) is 10.0. The Morgan fingerprint density at radius 1 is 1.12 bits per heavy atom. The molecule has 0 radical (unpaired) electrons. The molecule has 2 N–H and O–H groups in total. The van der Waals surface area contributed by atoms with Crippen molar-refractivity contribution in [1.82, 2.24) is 4.90 Å². The number of carbonyl (C=O) groups excluding carboxylic acids is 1. The standard InChI is InChI=1S/C21H26N2OS.ClH/c1-16(22)18-11-8-14-23(15-18)21(24)20(17-9-4-2-5-10-17)25-19-12-6-3-7-13-19;/h2-7,9-10,12-13,16,18,20H,8,11,14-15,22H2,1H3;1H. The van der Waals surface area contributed by atoms with Gasteiger partial charge in [0.15, 0.2) is 0 Å². The third kappa shape index (κ3) is 5.26. The van der Waals surface area contributed by atoms with Gasteiger partial charge in [0.2, 0.25) is 5.91 Å². The summed E-state index contributed by atoms with van der Waals surface area (Å²) in [6.45, 7) is 3.65. The van der Waals surface area contributed by atoms with Gasteiger partial charge in [-0.25, -0.2) is 0 Å². The van der Waals surface area contributed by atoms with E-state index in [1.807, 2.05) is 60.4 Å². The zero-order valence-electron chi connectivity index (χ0n) is 15.1. The van der Waals surface area contributed by atoms with Crippen molar-refractivity contribution in [2.75, 3.05) is 13.1 Å². The van der Waals surface area contributed by atoms with Gasteiger partial charge in [0.1, 0.15) is 5.25 Å². The maximum absolute atomic E-state index is 13.3. The molecule has 3 atom stereocenters. The zero-order chi connectivity index (χ0) is 17.6. The Labute approximate surface area is 166 Å². The molecule has 0 bridgehead atoms. The van der Waals surface area contributed by atoms with Crippen LogP contribution in [0.5, 0.6) is 0 Å². The zero-order valence-corrected chi connectivity index (χ0v) is 16.7. The molecule has 1 fully saturated rings. The molecule has 1 saturated heterocycles. The quantitative estimate of drug-likeness (QED) is 0.763. The van der Waals surface area contributed by atoms with E-state index in [-0.39, 0.29) is 29.6 Å². The Bertz CT molecular complexity index is 681. The van der Waals surface area contributed by atoms with Crippen LogP contribution in [0.4, 0.5) is 0 Å². The number of benzene rings is 2. The van der Waals surface area contributed by atoms with Gasteiger partial charge < -0.3 is 10.6 Å². The summed E-state index contributed by atoms with van der Waals surface area (Å²) in [6, 6.07) is 20.4. The summed E-state index contributed by atoms with van der Waals surface area (Å²) in [6.07, 6.45) is 2.15. The molecule has 0 aliphatic carbocycles. The number of nitrogens with two attached hydrogens (primary N) is 1. The molecule has 1 aliphatic heterocycles. The molecule has 1 aliphatic rings. The molecule has 1 heterocycles. The van der Waals surface area contributed by atoms with Crippen LogP contribution in [-0.2, 0) is 4.79 Å². The highest BCUT2D eigenvalue weighted by atomic mass is 35.5. The Morgan fingerprint density at radius 3 is 2.35 bits per heavy atom. The van der Waals surface area contributed by atoms with Crippen molar-refractivity contribution >= 4 is 30.1 Å². The number of halogens is 1. The van der Waals surface area contributed by atoms with E-state index in [0.717, 1.165) is 36.4 Å². The summed E-state index contributed by atoms with van der Waals surface area (Å²) >= 11 is 1.63. The summed E-state index contributed by atoms with van der Waals surface area (Å²) in [5.74, 6) is 0.598. The minimum Gasteiger partial charge on any atom is -0.341 e. The molecule has 0 spiro atoms. The number of rotatable bonds is 5. The van der Waals surface area contributed by atoms with E-state index in [1.54, 1.807) is 11.8 Å². The van der Waals surface area contributed by atoms with Crippen LogP contribution in [0.1, 0.15) is 30.6 Å². The molecule has 140 valence electrons. The Kier molecular flexibility index (Phi) is 8.01. The fourth-order valence-corrected chi connectivity index (χ4v) is 4.46. The molecule has 0 aromatic heterocycles. The number of likely N-dealkylation sites (tertiary alicyclic amines) is 1. The lowest BCUT2D eigenvalue weighted by molar-refractivity contribution is -0.132. The summed E-state index contributed by atoms with van der Waals surface area (Å²) < 4.78 is 0. The van der Waals surface area contributed by atoms with Crippen molar-refractivity contribution in [3.05, 3.63) is 66.2 Å². The number of nitrogens with zero attached hydrogens (tertiary/aromatic N) is 1. The lowest BCUT2D eigenvalue weighted by atomic mass is 9.92. The summed E-state index contributed by atoms with van der Waals surface area (Å²) in [5.41, 5.74) is 7.16. The maximum atomic E-state index is 13.3. The smallest absolute Gasteiger partial charge is 0.240 e. The average Bonchev–Trinajstić information content (AvgIpc) is 2.67. The largest absolute Gasteiger partial charge is 0.341 e. The van der Waals surface area contributed by atoms with E-state index >= 15 is 0 Å². The third-order valence-corrected chi connectivity index (χ3v) is 6.09. The van der Waals surface area contributed by atoms with Crippen LogP contribution in [-0.4, -0.2) is 29.9 Å². The summed E-state index contributed by atoms with van der Waals surface area (Å²) in [5, 5.41) is -0.213. The highest BCUT2D eigenvalue weighted by Crippen LogP contribution is 2.37. The monoisotopic (exact) mass is 390 g/mol. The molecule has 3 rings (SSSR count). The van der Waals surface area contributed by atoms with E-state index in [4.69, 9.17) is 5.73 Å². The van der Waals surface area contributed by atoms with Crippen molar-refractivity contribution in [3.8, 4) is 0 Å². The third-order valence-electron chi connectivity index (χ3n) is 4.84. The van der Waals surface area contributed by atoms with Gasteiger partial charge in [0.25, 0.3) is 0 Å². The molecule has 3 nitrogen and oxygen atoms in total. The van der Waals surface area contributed by atoms with Gasteiger partial charge in [0, 0.05) is 24.0 Å². The normalized spacial score (nSPS) is 19.3. The average molecular weight is 391 g/mol. The van der Waals surface area contributed by atoms with Crippen molar-refractivity contribution in [1.29, 1.82) is 0 Å². The first-order valence-electron chi connectivity index (χ1n) is 8.96. The van der Waals surface area contributed by atoms with Crippen molar-refractivity contribution in [3.63, 3.8) is 0 Å². The lowest BCUT2D eigenvalue weighted by Gasteiger charge is -2.36. The molecule has 5 heteroatoms. The number of carbonyl (C=O) groups is 1. The Hall–Kier alpha value is -1.49. The van der Waals surface area contributed by atoms with Crippen LogP contribution >= 0.6 is 24.2 Å². The van der Waals surface area contributed by atoms with Gasteiger partial charge in [-0.3, -0.25) is 4.79 Å². The predicted octanol–water partition coefficient (Wildman–Crippen LogP) is 4.53. The SMILES string of the molecule is CC(N)C1CCCN(C(=O)C(Sc2ccccc2)c2ccccc2)C1.Cl. The van der Waals surface area contributed by atoms with Crippen LogP contribution < -0.4 is 5.73 Å². The number of hydrogen-bond donors (Lipinski definition) is 1. The topological polar surface area (TPSA) is 46.3 Å². The van der Waals surface area contributed by atoms with Gasteiger partial charge in [-0.1, -0.05) is 48.5 Å². The van der Waals surface area contributed by atoms with E-state index in [2.05, 4.69) is 12.1 Å². The molecular weight excluding hydrogens is 364 g/mol. The van der Waals surface area contributed by atoms with Crippen molar-refractivity contribution < 1.29 is 4.79 Å². The number of piperidine rings is 1. The van der Waals surface area contributed by atoms with Crippen LogP contribution in [0.15, 0.2) is 65.6 Å². The van der Waals surface area contributed by atoms with E-state index in [0.29, 0.717) is 5.92 Å². The molecule has 0 saturated carbocycles. The Balaban J connectivity index is 0.00000243. The van der Waals surface area contributed by atoms with Gasteiger partial charge in [-0.05, 0) is 43.4 Å². The molecule has 26 heavy (non-hydrogen) atoms. The van der Waals surface area contributed by atoms with Gasteiger partial charge in [-0.15, -0.1) is 24.2 Å². The van der Waals surface area contributed by atoms with Gasteiger partial charge in [0.05, 0.1) is 0 Å². The van der Waals surface area contributed by atoms with E-state index in [9.17, 15) is 4.79 Å². The van der Waals surface area contributed by atoms with Crippen LogP contribution in [0.3, 0.4) is 0 Å². The molecule has 2 aromatic rings. The maximum Gasteiger partial charge on any atom is 0.240 e. The second-order valence-electron chi connectivity index (χ2n) is 6.77. The van der Waals surface area contributed by atoms with Gasteiger partial charge in [-0.2, -0.15) is 0 Å². The minimum atomic E-state index is -0.213. The van der Waals surface area contributed by atoms with E-state index < -0.39 is 0 Å². The van der Waals surface area contributed by atoms with Crippen LogP contribution in [0.25, 0.3) is 0 Å². The molecular formula is C21H27ClN2OS. The highest BCUT2D eigenvalue weighted by molar-refractivity contribution is 8.00. The lowest BCUT2D eigenvalue weighted by Crippen LogP contribution is -2.46. The second-order valence-corrected chi connectivity index (χ2v) is 7.95. The number of amides is 1. The van der Waals surface area contributed by atoms with Gasteiger partial charge >= 0.3 is 0 Å². The van der Waals surface area contributed by atoms with E-state index in [1.165, 1.54) is 0 Å². The molecule has 1 amide bonds.